The second-order valence-electron chi connectivity index (χ2n) is 9.30. The standard InChI is InChI=1S/C24H31FN2O5S2/c1-16(2)33(29,30)21-14-18(4)15-26-22(21)23(28)27(5)19-9-11-24(25,12-10-19)34(31,32)20-8-6-7-17(3)13-20/h6-8,13-16,19H,9-12H2,1-5H3. The number of aryl methyl sites for hydroxylation is 2. The van der Waals surface area contributed by atoms with Gasteiger partial charge in [0.25, 0.3) is 5.91 Å². The molecule has 3 rings (SSSR count). The van der Waals surface area contributed by atoms with Crippen LogP contribution in [0.5, 0.6) is 0 Å². The van der Waals surface area contributed by atoms with Crippen molar-refractivity contribution in [3.05, 3.63) is 53.3 Å². The minimum atomic E-state index is -4.21. The number of benzene rings is 1. The molecule has 0 N–H and O–H groups in total. The Labute approximate surface area is 201 Å². The van der Waals surface area contributed by atoms with Crippen LogP contribution in [-0.4, -0.2) is 56.0 Å². The Morgan fingerprint density at radius 3 is 2.26 bits per heavy atom. The number of hydrogen-bond acceptors (Lipinski definition) is 6. The number of halogens is 1. The molecule has 1 aromatic carbocycles. The van der Waals surface area contributed by atoms with Crippen LogP contribution in [0, 0.1) is 13.8 Å². The van der Waals surface area contributed by atoms with Gasteiger partial charge in [-0.3, -0.25) is 4.79 Å². The van der Waals surface area contributed by atoms with Crippen LogP contribution in [0.25, 0.3) is 0 Å². The Balaban J connectivity index is 1.83. The van der Waals surface area contributed by atoms with Crippen molar-refractivity contribution in [2.45, 2.75) is 79.5 Å². The number of carbonyl (C=O) groups excluding carboxylic acids is 1. The molecule has 0 spiro atoms. The summed E-state index contributed by atoms with van der Waals surface area (Å²) in [6, 6.07) is 7.17. The van der Waals surface area contributed by atoms with E-state index in [1.807, 2.05) is 0 Å². The fourth-order valence-electron chi connectivity index (χ4n) is 4.19. The van der Waals surface area contributed by atoms with Crippen molar-refractivity contribution in [1.29, 1.82) is 0 Å². The third kappa shape index (κ3) is 4.75. The highest BCUT2D eigenvalue weighted by atomic mass is 32.2. The first-order valence-corrected chi connectivity index (χ1v) is 14.2. The lowest BCUT2D eigenvalue weighted by atomic mass is 9.92. The molecular formula is C24H31FN2O5S2. The maximum atomic E-state index is 15.7. The molecule has 0 aliphatic heterocycles. The quantitative estimate of drug-likeness (QED) is 0.581. The Morgan fingerprint density at radius 1 is 1.09 bits per heavy atom. The van der Waals surface area contributed by atoms with Crippen molar-refractivity contribution in [3.8, 4) is 0 Å². The molecule has 0 atom stereocenters. The molecule has 1 amide bonds. The lowest BCUT2D eigenvalue weighted by molar-refractivity contribution is 0.0621. The van der Waals surface area contributed by atoms with Crippen molar-refractivity contribution >= 4 is 25.6 Å². The first-order valence-electron chi connectivity index (χ1n) is 11.2. The first-order chi connectivity index (χ1) is 15.7. The second-order valence-corrected chi connectivity index (χ2v) is 14.0. The fraction of sp³-hybridized carbons (Fsp3) is 0.500. The van der Waals surface area contributed by atoms with Crippen LogP contribution in [0.3, 0.4) is 0 Å². The van der Waals surface area contributed by atoms with Crippen LogP contribution in [0.15, 0.2) is 46.3 Å². The molecule has 1 heterocycles. The highest BCUT2D eigenvalue weighted by Gasteiger charge is 2.48. The summed E-state index contributed by atoms with van der Waals surface area (Å²) in [7, 11) is -6.45. The Hall–Kier alpha value is -2.33. The average Bonchev–Trinajstić information content (AvgIpc) is 2.78. The van der Waals surface area contributed by atoms with Gasteiger partial charge in [-0.1, -0.05) is 12.1 Å². The summed E-state index contributed by atoms with van der Waals surface area (Å²) in [5, 5.41) is -3.16. The SMILES string of the molecule is Cc1cccc(S(=O)(=O)C2(F)CCC(N(C)C(=O)c3ncc(C)cc3S(=O)(=O)C(C)C)CC2)c1. The predicted molar refractivity (Wildman–Crippen MR) is 128 cm³/mol. The monoisotopic (exact) mass is 510 g/mol. The predicted octanol–water partition coefficient (Wildman–Crippen LogP) is 4.03. The lowest BCUT2D eigenvalue weighted by Crippen LogP contribution is -2.46. The number of nitrogens with zero attached hydrogens (tertiary/aromatic N) is 2. The van der Waals surface area contributed by atoms with Gasteiger partial charge in [-0.25, -0.2) is 26.2 Å². The summed E-state index contributed by atoms with van der Waals surface area (Å²) >= 11 is 0. The molecule has 1 fully saturated rings. The van der Waals surface area contributed by atoms with Gasteiger partial charge in [0, 0.05) is 19.3 Å². The molecule has 7 nitrogen and oxygen atoms in total. The van der Waals surface area contributed by atoms with Crippen LogP contribution in [-0.2, 0) is 19.7 Å². The van der Waals surface area contributed by atoms with E-state index in [0.29, 0.717) is 5.56 Å². The van der Waals surface area contributed by atoms with Crippen molar-refractivity contribution in [3.63, 3.8) is 0 Å². The number of aromatic nitrogens is 1. The minimum absolute atomic E-state index is 0.0507. The van der Waals surface area contributed by atoms with Crippen LogP contribution in [0.2, 0.25) is 0 Å². The van der Waals surface area contributed by atoms with Gasteiger partial charge < -0.3 is 4.90 Å². The van der Waals surface area contributed by atoms with Crippen molar-refractivity contribution in [1.82, 2.24) is 9.88 Å². The Morgan fingerprint density at radius 2 is 1.71 bits per heavy atom. The van der Waals surface area contributed by atoms with Gasteiger partial charge in [-0.05, 0) is 82.7 Å². The van der Waals surface area contributed by atoms with E-state index in [4.69, 9.17) is 0 Å². The maximum absolute atomic E-state index is 15.7. The largest absolute Gasteiger partial charge is 0.337 e. The van der Waals surface area contributed by atoms with Gasteiger partial charge in [-0.15, -0.1) is 0 Å². The van der Waals surface area contributed by atoms with Gasteiger partial charge >= 0.3 is 0 Å². The van der Waals surface area contributed by atoms with Crippen LogP contribution < -0.4 is 0 Å². The van der Waals surface area contributed by atoms with E-state index in [1.54, 1.807) is 26.0 Å². The van der Waals surface area contributed by atoms with Crippen LogP contribution >= 0.6 is 0 Å². The Bertz CT molecular complexity index is 1300. The number of hydrogen-bond donors (Lipinski definition) is 0. The topological polar surface area (TPSA) is 101 Å². The van der Waals surface area contributed by atoms with E-state index in [2.05, 4.69) is 4.98 Å². The highest BCUT2D eigenvalue weighted by molar-refractivity contribution is 7.92. The number of rotatable bonds is 6. The summed E-state index contributed by atoms with van der Waals surface area (Å²) in [5.74, 6) is -0.586. The summed E-state index contributed by atoms with van der Waals surface area (Å²) in [6.45, 7) is 6.51. The molecule has 1 saturated carbocycles. The van der Waals surface area contributed by atoms with Gasteiger partial charge in [0.05, 0.1) is 15.0 Å². The van der Waals surface area contributed by atoms with E-state index >= 15 is 4.39 Å². The number of amides is 1. The zero-order valence-electron chi connectivity index (χ0n) is 20.1. The summed E-state index contributed by atoms with van der Waals surface area (Å²) in [4.78, 5) is 18.5. The van der Waals surface area contributed by atoms with Crippen molar-refractivity contribution in [2.75, 3.05) is 7.05 Å². The lowest BCUT2D eigenvalue weighted by Gasteiger charge is -2.37. The molecule has 2 aromatic rings. The van der Waals surface area contributed by atoms with E-state index in [9.17, 15) is 21.6 Å². The number of alkyl halides is 1. The molecule has 34 heavy (non-hydrogen) atoms. The van der Waals surface area contributed by atoms with Gasteiger partial charge in [-0.2, -0.15) is 0 Å². The summed E-state index contributed by atoms with van der Waals surface area (Å²) < 4.78 is 67.4. The number of pyridine rings is 1. The van der Waals surface area contributed by atoms with Crippen LogP contribution in [0.1, 0.15) is 61.1 Å². The summed E-state index contributed by atoms with van der Waals surface area (Å²) in [6.07, 6.45) is 1.17. The van der Waals surface area contributed by atoms with Crippen LogP contribution in [0.4, 0.5) is 4.39 Å². The molecular weight excluding hydrogens is 479 g/mol. The highest BCUT2D eigenvalue weighted by Crippen LogP contribution is 2.41. The van der Waals surface area contributed by atoms with E-state index in [0.717, 1.165) is 5.56 Å². The molecule has 1 aromatic heterocycles. The Kier molecular flexibility index (Phi) is 7.24. The van der Waals surface area contributed by atoms with Gasteiger partial charge in [0.15, 0.2) is 9.84 Å². The van der Waals surface area contributed by atoms with E-state index in [-0.39, 0.29) is 41.2 Å². The smallest absolute Gasteiger partial charge is 0.273 e. The first kappa shape index (κ1) is 26.3. The summed E-state index contributed by atoms with van der Waals surface area (Å²) in [5.41, 5.74) is 1.16. The molecule has 0 bridgehead atoms. The zero-order chi connectivity index (χ0) is 25.5. The maximum Gasteiger partial charge on any atom is 0.273 e. The minimum Gasteiger partial charge on any atom is -0.337 e. The fourth-order valence-corrected chi connectivity index (χ4v) is 7.25. The zero-order valence-corrected chi connectivity index (χ0v) is 21.7. The van der Waals surface area contributed by atoms with E-state index < -0.39 is 41.9 Å². The molecule has 0 radical (unpaired) electrons. The molecule has 186 valence electrons. The molecule has 1 aliphatic carbocycles. The third-order valence-electron chi connectivity index (χ3n) is 6.47. The van der Waals surface area contributed by atoms with Gasteiger partial charge in [0.1, 0.15) is 5.69 Å². The van der Waals surface area contributed by atoms with Crippen molar-refractivity contribution in [2.24, 2.45) is 0 Å². The van der Waals surface area contributed by atoms with Gasteiger partial charge in [0.2, 0.25) is 14.8 Å². The number of carbonyl (C=O) groups is 1. The molecule has 10 heteroatoms. The van der Waals surface area contributed by atoms with Crippen molar-refractivity contribution < 1.29 is 26.0 Å². The average molecular weight is 511 g/mol. The number of sulfone groups is 2. The molecule has 1 aliphatic rings. The molecule has 0 saturated heterocycles. The normalized spacial score (nSPS) is 21.4. The second kappa shape index (κ2) is 9.37. The third-order valence-corrected chi connectivity index (χ3v) is 10.9. The molecule has 0 unspecified atom stereocenters. The van der Waals surface area contributed by atoms with E-state index in [1.165, 1.54) is 50.2 Å².